The number of nitrogens with one attached hydrogen (secondary N) is 1. The third-order valence-electron chi connectivity index (χ3n) is 5.96. The third-order valence-corrected chi connectivity index (χ3v) is 6.47. The Bertz CT molecular complexity index is 1210. The molecule has 2 aromatic heterocycles. The van der Waals surface area contributed by atoms with Crippen LogP contribution in [0.4, 0.5) is 0 Å². The molecule has 0 amide bonds. The van der Waals surface area contributed by atoms with Gasteiger partial charge in [0.1, 0.15) is 17.2 Å². The first-order valence-corrected chi connectivity index (χ1v) is 10.8. The van der Waals surface area contributed by atoms with Gasteiger partial charge in [-0.15, -0.1) is 4.37 Å². The quantitative estimate of drug-likeness (QED) is 0.469. The lowest BCUT2D eigenvalue weighted by atomic mass is 9.68. The maximum Gasteiger partial charge on any atom is 0.255 e. The van der Waals surface area contributed by atoms with E-state index in [0.29, 0.717) is 18.0 Å². The van der Waals surface area contributed by atoms with Crippen LogP contribution in [0.5, 0.6) is 17.4 Å². The van der Waals surface area contributed by atoms with Gasteiger partial charge in [0.05, 0.1) is 33.1 Å². The molecule has 2 heterocycles. The minimum atomic E-state index is -0.375. The molecule has 5 rings (SSSR count). The van der Waals surface area contributed by atoms with Crippen molar-refractivity contribution < 1.29 is 14.2 Å². The van der Waals surface area contributed by atoms with Crippen molar-refractivity contribution in [1.29, 1.82) is 0 Å². The summed E-state index contributed by atoms with van der Waals surface area (Å²) in [5.41, 5.74) is 5.39. The molecule has 4 aromatic rings. The fourth-order valence-corrected chi connectivity index (χ4v) is 4.77. The van der Waals surface area contributed by atoms with E-state index in [1.54, 1.807) is 21.3 Å². The summed E-state index contributed by atoms with van der Waals surface area (Å²) in [4.78, 5) is 0. The Morgan fingerprint density at radius 2 is 1.44 bits per heavy atom. The highest BCUT2D eigenvalue weighted by Crippen LogP contribution is 2.44. The molecule has 0 bridgehead atoms. The van der Waals surface area contributed by atoms with E-state index in [1.165, 1.54) is 0 Å². The maximum absolute atomic E-state index is 5.37. The molecule has 0 fully saturated rings. The molecule has 2 aromatic carbocycles. The van der Waals surface area contributed by atoms with Crippen LogP contribution in [0.25, 0.3) is 17.5 Å². The largest absolute Gasteiger partial charge is 0.497 e. The molecule has 8 heteroatoms. The number of H-pyrrole nitrogens is 1. The van der Waals surface area contributed by atoms with E-state index in [0.717, 1.165) is 51.3 Å². The van der Waals surface area contributed by atoms with Crippen LogP contribution in [-0.2, 0) is 11.8 Å². The summed E-state index contributed by atoms with van der Waals surface area (Å²) in [5, 5.41) is 7.80. The zero-order chi connectivity index (χ0) is 22.1. The number of hydrogen-bond acceptors (Lipinski definition) is 7. The number of fused-ring (bicyclic) bond motifs is 1. The number of aromatic amines is 1. The summed E-state index contributed by atoms with van der Waals surface area (Å²) >= 11 is 1.11. The van der Waals surface area contributed by atoms with Crippen molar-refractivity contribution in [3.63, 3.8) is 0 Å². The summed E-state index contributed by atoms with van der Waals surface area (Å²) in [6.45, 7) is 0. The number of aromatic nitrogens is 4. The van der Waals surface area contributed by atoms with E-state index in [-0.39, 0.29) is 5.41 Å². The van der Waals surface area contributed by atoms with Crippen molar-refractivity contribution in [2.24, 2.45) is 0 Å². The van der Waals surface area contributed by atoms with Gasteiger partial charge in [-0.25, -0.2) is 0 Å². The van der Waals surface area contributed by atoms with Gasteiger partial charge >= 0.3 is 0 Å². The lowest BCUT2D eigenvalue weighted by Gasteiger charge is -2.34. The average Bonchev–Trinajstić information content (AvgIpc) is 3.50. The Labute approximate surface area is 190 Å². The van der Waals surface area contributed by atoms with E-state index >= 15 is 0 Å². The van der Waals surface area contributed by atoms with Crippen LogP contribution in [0.15, 0.2) is 54.6 Å². The Balaban J connectivity index is 1.63. The summed E-state index contributed by atoms with van der Waals surface area (Å²) in [6, 6.07) is 16.4. The summed E-state index contributed by atoms with van der Waals surface area (Å²) in [5.74, 6) is 2.14. The smallest absolute Gasteiger partial charge is 0.255 e. The van der Waals surface area contributed by atoms with Gasteiger partial charge in [-0.1, -0.05) is 36.4 Å². The van der Waals surface area contributed by atoms with Crippen LogP contribution in [0, 0.1) is 0 Å². The minimum Gasteiger partial charge on any atom is -0.497 e. The number of allylic oxidation sites excluding steroid dienone is 1. The van der Waals surface area contributed by atoms with Crippen molar-refractivity contribution in [2.45, 2.75) is 11.8 Å². The van der Waals surface area contributed by atoms with Crippen molar-refractivity contribution in [3.05, 3.63) is 77.0 Å². The number of hydrogen-bond donors (Lipinski definition) is 1. The lowest BCUT2D eigenvalue weighted by Crippen LogP contribution is -2.30. The summed E-state index contributed by atoms with van der Waals surface area (Å²) in [6.07, 6.45) is 5.07. The molecule has 0 radical (unpaired) electrons. The normalized spacial score (nSPS) is 14.1. The van der Waals surface area contributed by atoms with Crippen LogP contribution < -0.4 is 14.2 Å². The van der Waals surface area contributed by atoms with Crippen LogP contribution >= 0.6 is 11.7 Å². The molecule has 32 heavy (non-hydrogen) atoms. The van der Waals surface area contributed by atoms with E-state index in [9.17, 15) is 0 Å². The maximum atomic E-state index is 5.37. The fourth-order valence-electron chi connectivity index (χ4n) is 4.24. The monoisotopic (exact) mass is 446 g/mol. The summed E-state index contributed by atoms with van der Waals surface area (Å²) in [7, 11) is 4.94. The molecule has 0 unspecified atom stereocenters. The number of methoxy groups -OCH3 is 3. The predicted octanol–water partition coefficient (Wildman–Crippen LogP) is 4.51. The van der Waals surface area contributed by atoms with E-state index < -0.39 is 0 Å². The molecule has 0 aliphatic heterocycles. The molecular weight excluding hydrogens is 424 g/mol. The van der Waals surface area contributed by atoms with Crippen LogP contribution in [0.3, 0.4) is 0 Å². The van der Waals surface area contributed by atoms with E-state index in [2.05, 4.69) is 55.4 Å². The molecule has 1 aliphatic rings. The van der Waals surface area contributed by atoms with Crippen molar-refractivity contribution in [3.8, 4) is 28.8 Å². The van der Waals surface area contributed by atoms with Gasteiger partial charge in [0.15, 0.2) is 5.69 Å². The highest BCUT2D eigenvalue weighted by Gasteiger charge is 2.37. The Morgan fingerprint density at radius 3 is 2.00 bits per heavy atom. The molecule has 0 spiro atoms. The molecule has 0 atom stereocenters. The van der Waals surface area contributed by atoms with Crippen molar-refractivity contribution in [2.75, 3.05) is 21.3 Å². The van der Waals surface area contributed by atoms with Crippen LogP contribution in [0.2, 0.25) is 0 Å². The minimum absolute atomic E-state index is 0.375. The number of nitrogens with zero attached hydrogens (tertiary/aromatic N) is 3. The standard InChI is InChI=1S/C24H22N4O3S/c1-29-17-8-4-15(5-9-17)24(16-6-10-18(30-2)11-7-16)13-12-19-20(14-24)25-26-21(19)22-23(31-3)28-32-27-22/h4-13H,14H2,1-3H3,(H,25,26). The molecular formula is C24H22N4O3S. The van der Waals surface area contributed by atoms with Gasteiger partial charge in [0, 0.05) is 23.1 Å². The van der Waals surface area contributed by atoms with E-state index in [4.69, 9.17) is 14.2 Å². The van der Waals surface area contributed by atoms with Gasteiger partial charge in [-0.05, 0) is 35.4 Å². The van der Waals surface area contributed by atoms with Gasteiger partial charge < -0.3 is 14.2 Å². The molecule has 1 aliphatic carbocycles. The second-order valence-electron chi connectivity index (χ2n) is 7.53. The van der Waals surface area contributed by atoms with Crippen molar-refractivity contribution >= 4 is 17.8 Å². The molecule has 162 valence electrons. The van der Waals surface area contributed by atoms with E-state index in [1.807, 2.05) is 24.3 Å². The van der Waals surface area contributed by atoms with Gasteiger partial charge in [-0.3, -0.25) is 5.10 Å². The Hall–Kier alpha value is -3.65. The van der Waals surface area contributed by atoms with Gasteiger partial charge in [-0.2, -0.15) is 9.47 Å². The van der Waals surface area contributed by atoms with Gasteiger partial charge in [0.2, 0.25) is 0 Å². The fraction of sp³-hybridized carbons (Fsp3) is 0.208. The first-order valence-electron chi connectivity index (χ1n) is 10.1. The molecule has 0 saturated carbocycles. The first kappa shape index (κ1) is 20.3. The second kappa shape index (κ2) is 8.12. The second-order valence-corrected chi connectivity index (χ2v) is 8.05. The average molecular weight is 447 g/mol. The SMILES string of the molecule is COc1ccc(C2(c3ccc(OC)cc3)C=Cc3c(-c4nsnc4OC)n[nH]c3C2)cc1. The number of rotatable bonds is 6. The highest BCUT2D eigenvalue weighted by molar-refractivity contribution is 6.99. The van der Waals surface area contributed by atoms with Crippen molar-refractivity contribution in [1.82, 2.24) is 18.9 Å². The van der Waals surface area contributed by atoms with Crippen LogP contribution in [-0.4, -0.2) is 40.3 Å². The summed E-state index contributed by atoms with van der Waals surface area (Å²) < 4.78 is 24.7. The number of benzene rings is 2. The van der Waals surface area contributed by atoms with Crippen LogP contribution in [0.1, 0.15) is 22.4 Å². The highest BCUT2D eigenvalue weighted by atomic mass is 32.1. The zero-order valence-corrected chi connectivity index (χ0v) is 18.8. The molecule has 7 nitrogen and oxygen atoms in total. The molecule has 1 N–H and O–H groups in total. The Kier molecular flexibility index (Phi) is 5.14. The Morgan fingerprint density at radius 1 is 0.812 bits per heavy atom. The first-order chi connectivity index (χ1) is 15.7. The lowest BCUT2D eigenvalue weighted by molar-refractivity contribution is 0.403. The molecule has 0 saturated heterocycles. The topological polar surface area (TPSA) is 82.2 Å². The van der Waals surface area contributed by atoms with Gasteiger partial charge in [0.25, 0.3) is 5.88 Å². The zero-order valence-electron chi connectivity index (χ0n) is 18.0. The number of ether oxygens (including phenoxy) is 3. The predicted molar refractivity (Wildman–Crippen MR) is 124 cm³/mol. The third kappa shape index (κ3) is 3.23.